The lowest BCUT2D eigenvalue weighted by Crippen LogP contribution is -2.62. The minimum absolute atomic E-state index is 0.0967. The van der Waals surface area contributed by atoms with Crippen molar-refractivity contribution in [3.05, 3.63) is 71.3 Å². The molecule has 5 heterocycles. The summed E-state index contributed by atoms with van der Waals surface area (Å²) in [5.74, 6) is 1.18. The van der Waals surface area contributed by atoms with Gasteiger partial charge < -0.3 is 9.88 Å². The highest BCUT2D eigenvalue weighted by Gasteiger charge is 2.39. The van der Waals surface area contributed by atoms with E-state index in [4.69, 9.17) is 0 Å². The molecule has 1 N–H and O–H groups in total. The van der Waals surface area contributed by atoms with E-state index in [1.807, 2.05) is 37.7 Å². The van der Waals surface area contributed by atoms with Crippen LogP contribution < -0.4 is 5.32 Å². The van der Waals surface area contributed by atoms with Crippen LogP contribution in [0.3, 0.4) is 0 Å². The van der Waals surface area contributed by atoms with Gasteiger partial charge in [-0.1, -0.05) is 0 Å². The predicted octanol–water partition coefficient (Wildman–Crippen LogP) is 4.44. The first-order valence-electron chi connectivity index (χ1n) is 12.9. The molecule has 0 amide bonds. The number of halogens is 2. The fraction of sp³-hybridized carbons (Fsp3) is 0.429. The molecular weight excluding hydrogens is 472 g/mol. The van der Waals surface area contributed by atoms with E-state index < -0.39 is 11.6 Å². The Kier molecular flexibility index (Phi) is 6.20. The van der Waals surface area contributed by atoms with Gasteiger partial charge in [-0.2, -0.15) is 0 Å². The Morgan fingerprint density at radius 1 is 1.05 bits per heavy atom. The van der Waals surface area contributed by atoms with E-state index >= 15 is 0 Å². The van der Waals surface area contributed by atoms with E-state index in [0.29, 0.717) is 46.1 Å². The normalized spacial score (nSPS) is 19.8. The van der Waals surface area contributed by atoms with Crippen molar-refractivity contribution in [1.29, 1.82) is 0 Å². The number of likely N-dealkylation sites (tertiary alicyclic amines) is 1. The van der Waals surface area contributed by atoms with Crippen LogP contribution in [0.15, 0.2) is 36.8 Å². The summed E-state index contributed by atoms with van der Waals surface area (Å²) in [6.45, 7) is 10.0. The average molecular weight is 504 g/mol. The zero-order chi connectivity index (χ0) is 25.7. The van der Waals surface area contributed by atoms with Gasteiger partial charge in [-0.25, -0.2) is 23.7 Å². The van der Waals surface area contributed by atoms with Gasteiger partial charge in [-0.05, 0) is 63.4 Å². The van der Waals surface area contributed by atoms with Crippen molar-refractivity contribution in [3.63, 3.8) is 0 Å². The van der Waals surface area contributed by atoms with E-state index in [9.17, 15) is 8.78 Å². The number of pyridine rings is 1. The van der Waals surface area contributed by atoms with Crippen molar-refractivity contribution < 1.29 is 8.78 Å². The van der Waals surface area contributed by atoms with Gasteiger partial charge in [-0.3, -0.25) is 9.88 Å². The molecule has 0 bridgehead atoms. The van der Waals surface area contributed by atoms with Crippen LogP contribution in [0.2, 0.25) is 0 Å². The summed E-state index contributed by atoms with van der Waals surface area (Å²) in [6.07, 6.45) is 6.54. The quantitative estimate of drug-likeness (QED) is 0.420. The summed E-state index contributed by atoms with van der Waals surface area (Å²) in [6, 6.07) is 5.51. The van der Waals surface area contributed by atoms with Gasteiger partial charge in [0.05, 0.1) is 18.1 Å². The average Bonchev–Trinajstić information content (AvgIpc) is 3.21. The van der Waals surface area contributed by atoms with Gasteiger partial charge in [0.1, 0.15) is 23.0 Å². The number of rotatable bonds is 6. The summed E-state index contributed by atoms with van der Waals surface area (Å²) in [4.78, 5) is 20.2. The molecule has 192 valence electrons. The van der Waals surface area contributed by atoms with Crippen molar-refractivity contribution >= 4 is 11.0 Å². The number of aromatic nitrogens is 5. The molecule has 2 saturated heterocycles. The molecule has 0 spiro atoms. The maximum Gasteiger partial charge on any atom is 0.151 e. The summed E-state index contributed by atoms with van der Waals surface area (Å²) >= 11 is 0. The summed E-state index contributed by atoms with van der Waals surface area (Å²) in [7, 11) is 0. The van der Waals surface area contributed by atoms with E-state index in [-0.39, 0.29) is 6.04 Å². The number of hydrogen-bond acceptors (Lipinski definition) is 6. The molecule has 1 aromatic carbocycles. The predicted molar refractivity (Wildman–Crippen MR) is 138 cm³/mol. The highest BCUT2D eigenvalue weighted by atomic mass is 19.1. The molecule has 2 aliphatic rings. The lowest BCUT2D eigenvalue weighted by Gasteiger charge is -2.51. The number of imidazole rings is 1. The molecule has 7 nitrogen and oxygen atoms in total. The van der Waals surface area contributed by atoms with Gasteiger partial charge in [0, 0.05) is 60.9 Å². The zero-order valence-electron chi connectivity index (χ0n) is 21.4. The van der Waals surface area contributed by atoms with Crippen molar-refractivity contribution in [2.75, 3.05) is 19.6 Å². The van der Waals surface area contributed by atoms with Gasteiger partial charge in [-0.15, -0.1) is 0 Å². The van der Waals surface area contributed by atoms with Crippen LogP contribution in [0.4, 0.5) is 8.78 Å². The molecule has 4 aromatic rings. The summed E-state index contributed by atoms with van der Waals surface area (Å²) in [5.41, 5.74) is 3.40. The number of piperidine rings is 1. The van der Waals surface area contributed by atoms with Gasteiger partial charge in [0.2, 0.25) is 0 Å². The minimum atomic E-state index is -0.504. The number of nitrogens with one attached hydrogen (secondary N) is 1. The van der Waals surface area contributed by atoms with E-state index in [0.717, 1.165) is 43.5 Å². The maximum atomic E-state index is 15.0. The summed E-state index contributed by atoms with van der Waals surface area (Å²) < 4.78 is 31.8. The highest BCUT2D eigenvalue weighted by Crippen LogP contribution is 2.32. The Morgan fingerprint density at radius 2 is 1.86 bits per heavy atom. The van der Waals surface area contributed by atoms with Crippen LogP contribution >= 0.6 is 0 Å². The van der Waals surface area contributed by atoms with Crippen molar-refractivity contribution in [1.82, 2.24) is 34.7 Å². The third kappa shape index (κ3) is 4.51. The molecule has 0 radical (unpaired) electrons. The number of aryl methyl sites for hydroxylation is 1. The van der Waals surface area contributed by atoms with Crippen molar-refractivity contribution in [2.24, 2.45) is 5.92 Å². The van der Waals surface area contributed by atoms with Crippen molar-refractivity contribution in [3.8, 4) is 11.1 Å². The van der Waals surface area contributed by atoms with Crippen LogP contribution in [0, 0.1) is 24.5 Å². The van der Waals surface area contributed by atoms with E-state index in [1.54, 1.807) is 12.1 Å². The van der Waals surface area contributed by atoms with Crippen molar-refractivity contribution in [2.45, 2.75) is 52.2 Å². The second-order valence-corrected chi connectivity index (χ2v) is 10.5. The first-order chi connectivity index (χ1) is 17.9. The molecule has 2 aliphatic heterocycles. The Morgan fingerprint density at radius 3 is 2.62 bits per heavy atom. The van der Waals surface area contributed by atoms with Crippen LogP contribution in [0.1, 0.15) is 49.2 Å². The number of benzene rings is 1. The zero-order valence-corrected chi connectivity index (χ0v) is 21.4. The monoisotopic (exact) mass is 503 g/mol. The molecule has 2 unspecified atom stereocenters. The second-order valence-electron chi connectivity index (χ2n) is 10.5. The molecule has 2 fully saturated rings. The molecule has 9 heteroatoms. The third-order valence-electron chi connectivity index (χ3n) is 7.68. The van der Waals surface area contributed by atoms with Crippen LogP contribution in [0.25, 0.3) is 22.2 Å². The number of nitrogens with zero attached hydrogens (tertiary/aromatic N) is 6. The minimum Gasteiger partial charge on any atom is -0.326 e. The lowest BCUT2D eigenvalue weighted by molar-refractivity contribution is -0.0115. The van der Waals surface area contributed by atoms with Crippen LogP contribution in [-0.2, 0) is 13.0 Å². The fourth-order valence-electron chi connectivity index (χ4n) is 5.84. The molecule has 2 atom stereocenters. The molecule has 0 saturated carbocycles. The van der Waals surface area contributed by atoms with E-state index in [1.165, 1.54) is 18.7 Å². The topological polar surface area (TPSA) is 71.8 Å². The highest BCUT2D eigenvalue weighted by molar-refractivity contribution is 5.83. The Bertz CT molecular complexity index is 1450. The first kappa shape index (κ1) is 24.1. The van der Waals surface area contributed by atoms with Gasteiger partial charge in [0.25, 0.3) is 0 Å². The second kappa shape index (κ2) is 9.54. The number of fused-ring (bicyclic) bond motifs is 2. The standard InChI is InChI=1S/C28H31F2N7/c1-16(2)37-17(3)35-28-23(29)6-20(7-25(28)37)22-8-21(32-12-24(22)30)9-27-33-10-18(11-34-27)14-36-15-19-4-5-31-13-26(19)36/h6-8,10-12,16,19,26,31H,4-5,9,13-15H2,1-3H3. The Balaban J connectivity index is 1.22. The molecule has 0 aliphatic carbocycles. The molecule has 3 aromatic heterocycles. The van der Waals surface area contributed by atoms with Gasteiger partial charge >= 0.3 is 0 Å². The Labute approximate surface area is 215 Å². The smallest absolute Gasteiger partial charge is 0.151 e. The molecular formula is C28H31F2N7. The van der Waals surface area contributed by atoms with Crippen LogP contribution in [0.5, 0.6) is 0 Å². The van der Waals surface area contributed by atoms with Gasteiger partial charge in [0.15, 0.2) is 5.82 Å². The van der Waals surface area contributed by atoms with Crippen LogP contribution in [-0.4, -0.2) is 55.1 Å². The lowest BCUT2D eigenvalue weighted by atomic mass is 9.83. The maximum absolute atomic E-state index is 15.0. The molecule has 37 heavy (non-hydrogen) atoms. The summed E-state index contributed by atoms with van der Waals surface area (Å²) in [5, 5.41) is 3.48. The van der Waals surface area contributed by atoms with E-state index in [2.05, 4.69) is 30.2 Å². The first-order valence-corrected chi connectivity index (χ1v) is 12.9. The number of hydrogen-bond donors (Lipinski definition) is 1. The SMILES string of the molecule is Cc1nc2c(F)cc(-c3cc(Cc4ncc(CN5CC6CCNCC65)cn4)ncc3F)cc2n1C(C)C. The Hall–Kier alpha value is -3.30. The molecule has 6 rings (SSSR count). The third-order valence-corrected chi connectivity index (χ3v) is 7.68. The fourth-order valence-corrected chi connectivity index (χ4v) is 5.84. The largest absolute Gasteiger partial charge is 0.326 e.